The molecular weight excluding hydrogens is 246 g/mol. The van der Waals surface area contributed by atoms with Crippen LogP contribution in [0.3, 0.4) is 0 Å². The van der Waals surface area contributed by atoms with Crippen molar-refractivity contribution < 1.29 is 4.74 Å². The highest BCUT2D eigenvalue weighted by Gasteiger charge is 2.20. The number of hydrogen-bond acceptors (Lipinski definition) is 2. The lowest BCUT2D eigenvalue weighted by atomic mass is 10.1. The number of para-hydroxylation sites is 1. The van der Waals surface area contributed by atoms with Gasteiger partial charge in [0.2, 0.25) is 0 Å². The second kappa shape index (κ2) is 5.68. The molecule has 0 aliphatic heterocycles. The third kappa shape index (κ3) is 3.20. The van der Waals surface area contributed by atoms with Crippen LogP contribution in [0.5, 0.6) is 11.5 Å². The quantitative estimate of drug-likeness (QED) is 0.869. The minimum absolute atomic E-state index is 0.713. The first-order valence-electron chi connectivity index (χ1n) is 7.29. The minimum Gasteiger partial charge on any atom is -0.457 e. The maximum atomic E-state index is 6.06. The Labute approximate surface area is 120 Å². The molecule has 3 rings (SSSR count). The highest BCUT2D eigenvalue weighted by atomic mass is 16.5. The van der Waals surface area contributed by atoms with Gasteiger partial charge in [-0.25, -0.2) is 0 Å². The molecule has 0 saturated heterocycles. The molecule has 2 nitrogen and oxygen atoms in total. The summed E-state index contributed by atoms with van der Waals surface area (Å²) in [6.45, 7) is 5.11. The van der Waals surface area contributed by atoms with E-state index in [0.717, 1.165) is 18.0 Å². The van der Waals surface area contributed by atoms with Crippen molar-refractivity contribution >= 4 is 0 Å². The summed E-state index contributed by atoms with van der Waals surface area (Å²) in [7, 11) is 0. The van der Waals surface area contributed by atoms with Gasteiger partial charge in [0.15, 0.2) is 0 Å². The standard InChI is InChI=1S/C18H21NO/c1-13-7-10-17(11-14(13)2)20-18-6-4-3-5-15(18)12-19-16-8-9-16/h3-7,10-11,16,19H,8-9,12H2,1-2H3. The monoisotopic (exact) mass is 267 g/mol. The van der Waals surface area contributed by atoms with Gasteiger partial charge in [0.25, 0.3) is 0 Å². The SMILES string of the molecule is Cc1ccc(Oc2ccccc2CNC2CC2)cc1C. The van der Waals surface area contributed by atoms with E-state index in [2.05, 4.69) is 43.4 Å². The molecule has 0 unspecified atom stereocenters. The van der Waals surface area contributed by atoms with E-state index in [1.54, 1.807) is 0 Å². The van der Waals surface area contributed by atoms with Gasteiger partial charge in [0, 0.05) is 18.2 Å². The molecule has 2 aromatic carbocycles. The molecule has 0 heterocycles. The number of ether oxygens (including phenoxy) is 1. The zero-order chi connectivity index (χ0) is 13.9. The minimum atomic E-state index is 0.713. The predicted octanol–water partition coefficient (Wildman–Crippen LogP) is 4.35. The zero-order valence-corrected chi connectivity index (χ0v) is 12.1. The molecule has 2 heteroatoms. The summed E-state index contributed by atoms with van der Waals surface area (Å²) in [5, 5.41) is 3.54. The van der Waals surface area contributed by atoms with Crippen LogP contribution in [0.25, 0.3) is 0 Å². The van der Waals surface area contributed by atoms with E-state index in [4.69, 9.17) is 4.74 Å². The average Bonchev–Trinajstić information content (AvgIpc) is 3.26. The number of hydrogen-bond donors (Lipinski definition) is 1. The Balaban J connectivity index is 1.76. The molecule has 1 aliphatic carbocycles. The molecule has 1 aliphatic rings. The summed E-state index contributed by atoms with van der Waals surface area (Å²) >= 11 is 0. The van der Waals surface area contributed by atoms with Crippen LogP contribution in [0.1, 0.15) is 29.5 Å². The van der Waals surface area contributed by atoms with E-state index in [0.29, 0.717) is 6.04 Å². The van der Waals surface area contributed by atoms with Crippen molar-refractivity contribution in [3.05, 3.63) is 59.2 Å². The van der Waals surface area contributed by atoms with Gasteiger partial charge in [-0.15, -0.1) is 0 Å². The fourth-order valence-corrected chi connectivity index (χ4v) is 2.20. The van der Waals surface area contributed by atoms with Crippen molar-refractivity contribution in [3.63, 3.8) is 0 Å². The van der Waals surface area contributed by atoms with Crippen molar-refractivity contribution in [2.24, 2.45) is 0 Å². The molecule has 0 amide bonds. The maximum absolute atomic E-state index is 6.06. The molecule has 20 heavy (non-hydrogen) atoms. The smallest absolute Gasteiger partial charge is 0.131 e. The van der Waals surface area contributed by atoms with Crippen molar-refractivity contribution in [1.29, 1.82) is 0 Å². The molecule has 2 aromatic rings. The van der Waals surface area contributed by atoms with Gasteiger partial charge in [-0.1, -0.05) is 24.3 Å². The first-order chi connectivity index (χ1) is 9.72. The van der Waals surface area contributed by atoms with E-state index < -0.39 is 0 Å². The van der Waals surface area contributed by atoms with Gasteiger partial charge in [-0.3, -0.25) is 0 Å². The van der Waals surface area contributed by atoms with Crippen molar-refractivity contribution in [2.45, 2.75) is 39.3 Å². The van der Waals surface area contributed by atoms with Crippen molar-refractivity contribution in [2.75, 3.05) is 0 Å². The van der Waals surface area contributed by atoms with E-state index in [-0.39, 0.29) is 0 Å². The second-order valence-corrected chi connectivity index (χ2v) is 5.61. The lowest BCUT2D eigenvalue weighted by Gasteiger charge is -2.12. The molecule has 0 spiro atoms. The van der Waals surface area contributed by atoms with Gasteiger partial charge < -0.3 is 10.1 Å². The molecule has 0 atom stereocenters. The highest BCUT2D eigenvalue weighted by Crippen LogP contribution is 2.27. The Kier molecular flexibility index (Phi) is 3.75. The van der Waals surface area contributed by atoms with Gasteiger partial charge in [-0.05, 0) is 56.0 Å². The van der Waals surface area contributed by atoms with E-state index in [1.165, 1.54) is 29.5 Å². The lowest BCUT2D eigenvalue weighted by molar-refractivity contribution is 0.472. The van der Waals surface area contributed by atoms with Crippen molar-refractivity contribution in [1.82, 2.24) is 5.32 Å². The molecule has 0 aromatic heterocycles. The molecule has 1 N–H and O–H groups in total. The van der Waals surface area contributed by atoms with Gasteiger partial charge in [-0.2, -0.15) is 0 Å². The summed E-state index contributed by atoms with van der Waals surface area (Å²) < 4.78 is 6.06. The van der Waals surface area contributed by atoms with Crippen LogP contribution < -0.4 is 10.1 Å². The second-order valence-electron chi connectivity index (χ2n) is 5.61. The van der Waals surface area contributed by atoms with E-state index >= 15 is 0 Å². The topological polar surface area (TPSA) is 21.3 Å². The number of benzene rings is 2. The van der Waals surface area contributed by atoms with E-state index in [1.807, 2.05) is 18.2 Å². The lowest BCUT2D eigenvalue weighted by Crippen LogP contribution is -2.15. The van der Waals surface area contributed by atoms with Crippen LogP contribution in [-0.4, -0.2) is 6.04 Å². The van der Waals surface area contributed by atoms with Crippen molar-refractivity contribution in [3.8, 4) is 11.5 Å². The average molecular weight is 267 g/mol. The Morgan fingerprint density at radius 2 is 1.85 bits per heavy atom. The third-order valence-corrected chi connectivity index (χ3v) is 3.84. The van der Waals surface area contributed by atoms with Crippen LogP contribution in [0.4, 0.5) is 0 Å². The van der Waals surface area contributed by atoms with Crippen LogP contribution in [0.2, 0.25) is 0 Å². The normalized spacial score (nSPS) is 14.3. The molecule has 1 fully saturated rings. The third-order valence-electron chi connectivity index (χ3n) is 3.84. The Hall–Kier alpha value is -1.80. The van der Waals surface area contributed by atoms with E-state index in [9.17, 15) is 0 Å². The Bertz CT molecular complexity index is 602. The number of nitrogens with one attached hydrogen (secondary N) is 1. The summed E-state index contributed by atoms with van der Waals surface area (Å²) in [6, 6.07) is 15.2. The zero-order valence-electron chi connectivity index (χ0n) is 12.1. The predicted molar refractivity (Wildman–Crippen MR) is 82.3 cm³/mol. The van der Waals surface area contributed by atoms with Crippen LogP contribution in [0, 0.1) is 13.8 Å². The maximum Gasteiger partial charge on any atom is 0.131 e. The van der Waals surface area contributed by atoms with Crippen LogP contribution in [0.15, 0.2) is 42.5 Å². The fourth-order valence-electron chi connectivity index (χ4n) is 2.20. The molecule has 0 bridgehead atoms. The van der Waals surface area contributed by atoms with Gasteiger partial charge >= 0.3 is 0 Å². The van der Waals surface area contributed by atoms with Crippen LogP contribution >= 0.6 is 0 Å². The molecule has 1 saturated carbocycles. The molecule has 0 radical (unpaired) electrons. The molecular formula is C18H21NO. The summed E-state index contributed by atoms with van der Waals surface area (Å²) in [5.41, 5.74) is 3.77. The number of rotatable bonds is 5. The Morgan fingerprint density at radius 3 is 2.60 bits per heavy atom. The summed E-state index contributed by atoms with van der Waals surface area (Å²) in [5.74, 6) is 1.86. The van der Waals surface area contributed by atoms with Gasteiger partial charge in [0.1, 0.15) is 11.5 Å². The largest absolute Gasteiger partial charge is 0.457 e. The first kappa shape index (κ1) is 13.2. The fraction of sp³-hybridized carbons (Fsp3) is 0.333. The summed E-state index contributed by atoms with van der Waals surface area (Å²) in [6.07, 6.45) is 2.61. The first-order valence-corrected chi connectivity index (χ1v) is 7.29. The Morgan fingerprint density at radius 1 is 1.05 bits per heavy atom. The van der Waals surface area contributed by atoms with Gasteiger partial charge in [0.05, 0.1) is 0 Å². The summed E-state index contributed by atoms with van der Waals surface area (Å²) in [4.78, 5) is 0. The highest BCUT2D eigenvalue weighted by molar-refractivity contribution is 5.40. The molecule has 104 valence electrons. The number of aryl methyl sites for hydroxylation is 2. The van der Waals surface area contributed by atoms with Crippen LogP contribution in [-0.2, 0) is 6.54 Å².